The van der Waals surface area contributed by atoms with Crippen molar-refractivity contribution in [1.29, 1.82) is 0 Å². The summed E-state index contributed by atoms with van der Waals surface area (Å²) in [6, 6.07) is 8.31. The molecule has 1 aromatic carbocycles. The van der Waals surface area contributed by atoms with Crippen LogP contribution in [0.5, 0.6) is 5.75 Å². The van der Waals surface area contributed by atoms with Crippen LogP contribution in [0.2, 0.25) is 0 Å². The fraction of sp³-hybridized carbons (Fsp3) is 0.579. The molecule has 0 heterocycles. The molecule has 1 atom stereocenters. The minimum absolute atomic E-state index is 0.381. The molecule has 1 unspecified atom stereocenters. The maximum Gasteiger partial charge on any atom is 0.118 e. The average molecular weight is 287 g/mol. The monoisotopic (exact) mass is 287 g/mol. The zero-order valence-electron chi connectivity index (χ0n) is 13.3. The molecular formula is C19H29NO. The molecule has 2 N–H and O–H groups in total. The highest BCUT2D eigenvalue weighted by Crippen LogP contribution is 2.33. The van der Waals surface area contributed by atoms with Gasteiger partial charge >= 0.3 is 0 Å². The van der Waals surface area contributed by atoms with Gasteiger partial charge in [0.05, 0.1) is 7.11 Å². The summed E-state index contributed by atoms with van der Waals surface area (Å²) in [5.41, 5.74) is 8.72. The van der Waals surface area contributed by atoms with Crippen LogP contribution in [0, 0.1) is 5.92 Å². The Kier molecular flexibility index (Phi) is 6.31. The zero-order valence-corrected chi connectivity index (χ0v) is 13.3. The van der Waals surface area contributed by atoms with Gasteiger partial charge in [0.25, 0.3) is 0 Å². The van der Waals surface area contributed by atoms with Crippen molar-refractivity contribution in [3.63, 3.8) is 0 Å². The van der Waals surface area contributed by atoms with Crippen LogP contribution in [0.1, 0.15) is 56.4 Å². The van der Waals surface area contributed by atoms with Crippen molar-refractivity contribution in [3.8, 4) is 5.75 Å². The van der Waals surface area contributed by atoms with E-state index < -0.39 is 0 Å². The van der Waals surface area contributed by atoms with Crippen LogP contribution >= 0.6 is 0 Å². The molecule has 116 valence electrons. The average Bonchev–Trinajstić information content (AvgIpc) is 2.82. The Balaban J connectivity index is 1.98. The van der Waals surface area contributed by atoms with Crippen molar-refractivity contribution in [3.05, 3.63) is 42.0 Å². The van der Waals surface area contributed by atoms with Gasteiger partial charge in [-0.2, -0.15) is 0 Å². The highest BCUT2D eigenvalue weighted by Gasteiger charge is 2.19. The first-order valence-corrected chi connectivity index (χ1v) is 8.26. The first kappa shape index (κ1) is 16.1. The fourth-order valence-electron chi connectivity index (χ4n) is 3.38. The van der Waals surface area contributed by atoms with Crippen LogP contribution in [0.4, 0.5) is 0 Å². The number of nitrogens with two attached hydrogens (primary N) is 1. The van der Waals surface area contributed by atoms with E-state index in [4.69, 9.17) is 10.5 Å². The lowest BCUT2D eigenvalue weighted by atomic mass is 9.84. The van der Waals surface area contributed by atoms with Gasteiger partial charge in [-0.15, -0.1) is 0 Å². The first-order chi connectivity index (χ1) is 10.2. The second-order valence-corrected chi connectivity index (χ2v) is 6.26. The quantitative estimate of drug-likeness (QED) is 0.610. The van der Waals surface area contributed by atoms with Gasteiger partial charge in [0.1, 0.15) is 5.75 Å². The maximum atomic E-state index is 6.01. The maximum absolute atomic E-state index is 6.01. The number of hydrogen-bond acceptors (Lipinski definition) is 2. The van der Waals surface area contributed by atoms with Crippen LogP contribution in [-0.2, 0) is 0 Å². The van der Waals surface area contributed by atoms with E-state index in [1.807, 2.05) is 12.1 Å². The van der Waals surface area contributed by atoms with Crippen molar-refractivity contribution in [1.82, 2.24) is 0 Å². The molecule has 2 nitrogen and oxygen atoms in total. The molecule has 1 aliphatic carbocycles. The SMILES string of the molecule is C=C(CC(CN)c1ccc(OC)cc1)C1CCCCCC1. The van der Waals surface area contributed by atoms with Crippen LogP contribution in [-0.4, -0.2) is 13.7 Å². The lowest BCUT2D eigenvalue weighted by molar-refractivity contribution is 0.414. The number of benzene rings is 1. The van der Waals surface area contributed by atoms with Gasteiger partial charge in [-0.05, 0) is 55.3 Å². The third kappa shape index (κ3) is 4.60. The molecule has 0 saturated heterocycles. The molecule has 1 saturated carbocycles. The molecule has 0 aromatic heterocycles. The Bertz CT molecular complexity index is 429. The van der Waals surface area contributed by atoms with Crippen molar-refractivity contribution in [2.75, 3.05) is 13.7 Å². The van der Waals surface area contributed by atoms with E-state index >= 15 is 0 Å². The van der Waals surface area contributed by atoms with Crippen molar-refractivity contribution in [2.24, 2.45) is 11.7 Å². The standard InChI is InChI=1S/C19H29NO/c1-15(16-7-5-3-4-6-8-16)13-18(14-20)17-9-11-19(21-2)12-10-17/h9-12,16,18H,1,3-8,13-14,20H2,2H3. The highest BCUT2D eigenvalue weighted by atomic mass is 16.5. The number of rotatable bonds is 6. The summed E-state index contributed by atoms with van der Waals surface area (Å²) in [5, 5.41) is 0. The summed E-state index contributed by atoms with van der Waals surface area (Å²) in [5.74, 6) is 1.99. The van der Waals surface area contributed by atoms with Crippen molar-refractivity contribution < 1.29 is 4.74 Å². The second kappa shape index (κ2) is 8.23. The number of ether oxygens (including phenoxy) is 1. The van der Waals surface area contributed by atoms with Crippen molar-refractivity contribution in [2.45, 2.75) is 50.9 Å². The number of methoxy groups -OCH3 is 1. The lowest BCUT2D eigenvalue weighted by Gasteiger charge is -2.22. The Morgan fingerprint density at radius 3 is 2.33 bits per heavy atom. The molecule has 0 bridgehead atoms. The summed E-state index contributed by atoms with van der Waals surface area (Å²) in [6.45, 7) is 5.07. The van der Waals surface area contributed by atoms with Gasteiger partial charge in [0.2, 0.25) is 0 Å². The predicted molar refractivity (Wildman–Crippen MR) is 89.7 cm³/mol. The van der Waals surface area contributed by atoms with Crippen LogP contribution in [0.3, 0.4) is 0 Å². The third-order valence-electron chi connectivity index (χ3n) is 4.81. The summed E-state index contributed by atoms with van der Waals surface area (Å²) in [7, 11) is 1.70. The molecular weight excluding hydrogens is 258 g/mol. The smallest absolute Gasteiger partial charge is 0.118 e. The Labute approximate surface area is 129 Å². The van der Waals surface area contributed by atoms with E-state index in [1.165, 1.54) is 49.7 Å². The van der Waals surface area contributed by atoms with Gasteiger partial charge < -0.3 is 10.5 Å². The van der Waals surface area contributed by atoms with Gasteiger partial charge in [-0.3, -0.25) is 0 Å². The lowest BCUT2D eigenvalue weighted by Crippen LogP contribution is -2.15. The van der Waals surface area contributed by atoms with E-state index in [0.29, 0.717) is 18.4 Å². The Hall–Kier alpha value is -1.28. The molecule has 2 rings (SSSR count). The second-order valence-electron chi connectivity index (χ2n) is 6.26. The molecule has 1 aromatic rings. The van der Waals surface area contributed by atoms with Gasteiger partial charge in [0, 0.05) is 0 Å². The van der Waals surface area contributed by atoms with Gasteiger partial charge in [0.15, 0.2) is 0 Å². The molecule has 0 aliphatic heterocycles. The molecule has 1 fully saturated rings. The highest BCUT2D eigenvalue weighted by molar-refractivity contribution is 5.30. The third-order valence-corrected chi connectivity index (χ3v) is 4.81. The largest absolute Gasteiger partial charge is 0.497 e. The zero-order chi connectivity index (χ0) is 15.1. The fourth-order valence-corrected chi connectivity index (χ4v) is 3.38. The molecule has 0 radical (unpaired) electrons. The van der Waals surface area contributed by atoms with E-state index in [1.54, 1.807) is 7.11 Å². The molecule has 0 spiro atoms. The molecule has 1 aliphatic rings. The molecule has 0 amide bonds. The van der Waals surface area contributed by atoms with Crippen LogP contribution < -0.4 is 10.5 Å². The van der Waals surface area contributed by atoms with E-state index in [9.17, 15) is 0 Å². The Morgan fingerprint density at radius 1 is 1.19 bits per heavy atom. The molecule has 2 heteroatoms. The summed E-state index contributed by atoms with van der Waals surface area (Å²) in [4.78, 5) is 0. The van der Waals surface area contributed by atoms with Gasteiger partial charge in [-0.25, -0.2) is 0 Å². The summed E-state index contributed by atoms with van der Waals surface area (Å²) in [6.07, 6.45) is 9.16. The minimum atomic E-state index is 0.381. The van der Waals surface area contributed by atoms with E-state index in [0.717, 1.165) is 12.2 Å². The number of hydrogen-bond donors (Lipinski definition) is 1. The molecule has 21 heavy (non-hydrogen) atoms. The topological polar surface area (TPSA) is 35.2 Å². The van der Waals surface area contributed by atoms with E-state index in [-0.39, 0.29) is 0 Å². The summed E-state index contributed by atoms with van der Waals surface area (Å²) >= 11 is 0. The summed E-state index contributed by atoms with van der Waals surface area (Å²) < 4.78 is 5.22. The van der Waals surface area contributed by atoms with Gasteiger partial charge in [-0.1, -0.05) is 50.0 Å². The van der Waals surface area contributed by atoms with Crippen LogP contribution in [0.15, 0.2) is 36.4 Å². The Morgan fingerprint density at radius 2 is 1.81 bits per heavy atom. The van der Waals surface area contributed by atoms with Crippen LogP contribution in [0.25, 0.3) is 0 Å². The predicted octanol–water partition coefficient (Wildman–Crippen LogP) is 4.65. The normalized spacial score (nSPS) is 18.0. The van der Waals surface area contributed by atoms with E-state index in [2.05, 4.69) is 18.7 Å². The number of allylic oxidation sites excluding steroid dienone is 1. The minimum Gasteiger partial charge on any atom is -0.497 e. The van der Waals surface area contributed by atoms with Crippen molar-refractivity contribution >= 4 is 0 Å². The first-order valence-electron chi connectivity index (χ1n) is 8.26.